The molecular formula is C14H18N4O3. The van der Waals surface area contributed by atoms with Crippen LogP contribution < -0.4 is 10.5 Å². The van der Waals surface area contributed by atoms with Gasteiger partial charge in [0.15, 0.2) is 0 Å². The lowest BCUT2D eigenvalue weighted by Crippen LogP contribution is -2.60. The van der Waals surface area contributed by atoms with Crippen LogP contribution in [0.25, 0.3) is 0 Å². The van der Waals surface area contributed by atoms with E-state index in [1.54, 1.807) is 29.4 Å². The zero-order chi connectivity index (χ0) is 14.8. The first-order valence-corrected chi connectivity index (χ1v) is 7.06. The third-order valence-corrected chi connectivity index (χ3v) is 3.93. The first-order chi connectivity index (χ1) is 10.1. The number of hydrogen-bond acceptors (Lipinski definition) is 4. The van der Waals surface area contributed by atoms with Crippen LogP contribution in [-0.4, -0.2) is 58.5 Å². The second-order valence-corrected chi connectivity index (χ2v) is 5.36. The Morgan fingerprint density at radius 1 is 1.29 bits per heavy atom. The summed E-state index contributed by atoms with van der Waals surface area (Å²) in [6.45, 7) is 1.66. The van der Waals surface area contributed by atoms with Crippen molar-refractivity contribution < 1.29 is 14.3 Å². The van der Waals surface area contributed by atoms with Crippen molar-refractivity contribution in [1.82, 2.24) is 14.8 Å². The topological polar surface area (TPSA) is 88.8 Å². The summed E-state index contributed by atoms with van der Waals surface area (Å²) in [5.41, 5.74) is 5.30. The highest BCUT2D eigenvalue weighted by Crippen LogP contribution is 2.23. The van der Waals surface area contributed by atoms with Crippen LogP contribution in [0.3, 0.4) is 0 Å². The molecule has 0 aromatic carbocycles. The van der Waals surface area contributed by atoms with Gasteiger partial charge in [-0.2, -0.15) is 0 Å². The highest BCUT2D eigenvalue weighted by molar-refractivity contribution is 5.87. The number of urea groups is 1. The highest BCUT2D eigenvalue weighted by Gasteiger charge is 2.40. The van der Waals surface area contributed by atoms with E-state index in [-0.39, 0.29) is 12.0 Å². The minimum Gasteiger partial charge on any atom is -0.487 e. The Labute approximate surface area is 122 Å². The number of carbonyl (C=O) groups excluding carboxylic acids is 2. The molecule has 7 heteroatoms. The Morgan fingerprint density at radius 3 is 2.67 bits per heavy atom. The average Bonchev–Trinajstić information content (AvgIpc) is 2.92. The molecule has 0 unspecified atom stereocenters. The van der Waals surface area contributed by atoms with Gasteiger partial charge in [-0.1, -0.05) is 0 Å². The fourth-order valence-corrected chi connectivity index (χ4v) is 2.80. The van der Waals surface area contributed by atoms with Crippen molar-refractivity contribution in [3.05, 3.63) is 24.5 Å². The third kappa shape index (κ3) is 2.76. The molecule has 2 saturated heterocycles. The van der Waals surface area contributed by atoms with Crippen molar-refractivity contribution >= 4 is 11.9 Å². The maximum Gasteiger partial charge on any atom is 0.315 e. The van der Waals surface area contributed by atoms with Gasteiger partial charge in [0.1, 0.15) is 17.9 Å². The van der Waals surface area contributed by atoms with Gasteiger partial charge in [-0.3, -0.25) is 9.78 Å². The summed E-state index contributed by atoms with van der Waals surface area (Å²) < 4.78 is 5.73. The van der Waals surface area contributed by atoms with Crippen molar-refractivity contribution in [2.75, 3.05) is 19.6 Å². The molecule has 0 aliphatic carbocycles. The Hall–Kier alpha value is -2.31. The van der Waals surface area contributed by atoms with Crippen LogP contribution in [-0.2, 0) is 4.79 Å². The van der Waals surface area contributed by atoms with Gasteiger partial charge in [-0.15, -0.1) is 0 Å². The molecule has 0 saturated carbocycles. The number of hydrogen-bond donors (Lipinski definition) is 1. The molecule has 0 bridgehead atoms. The first-order valence-electron chi connectivity index (χ1n) is 7.06. The van der Waals surface area contributed by atoms with Crippen LogP contribution in [0.5, 0.6) is 5.75 Å². The largest absolute Gasteiger partial charge is 0.487 e. The molecule has 3 rings (SSSR count). The standard InChI is InChI=1S/C14H18N4O3/c15-14(20)18-7-1-2-12(18)13(19)17-8-11(9-17)21-10-3-5-16-6-4-10/h3-6,11-12H,1-2,7-9H2,(H2,15,20)/t12-/m0/s1. The second-order valence-electron chi connectivity index (χ2n) is 5.36. The zero-order valence-electron chi connectivity index (χ0n) is 11.6. The lowest BCUT2D eigenvalue weighted by Gasteiger charge is -2.41. The smallest absolute Gasteiger partial charge is 0.315 e. The van der Waals surface area contributed by atoms with E-state index in [4.69, 9.17) is 10.5 Å². The molecule has 7 nitrogen and oxygen atoms in total. The molecule has 1 aromatic rings. The number of likely N-dealkylation sites (tertiary alicyclic amines) is 2. The average molecular weight is 290 g/mol. The molecule has 3 heterocycles. The van der Waals surface area contributed by atoms with Crippen molar-refractivity contribution in [3.63, 3.8) is 0 Å². The SMILES string of the molecule is NC(=O)N1CCC[C@H]1C(=O)N1CC(Oc2ccncc2)C1. The fourth-order valence-electron chi connectivity index (χ4n) is 2.80. The molecule has 2 aliphatic rings. The molecule has 21 heavy (non-hydrogen) atoms. The Morgan fingerprint density at radius 2 is 2.00 bits per heavy atom. The predicted octanol–water partition coefficient (Wildman–Crippen LogP) is 0.214. The summed E-state index contributed by atoms with van der Waals surface area (Å²) in [4.78, 5) is 30.7. The van der Waals surface area contributed by atoms with Crippen LogP contribution in [0.2, 0.25) is 0 Å². The number of amides is 3. The number of aromatic nitrogens is 1. The Balaban J connectivity index is 1.52. The summed E-state index contributed by atoms with van der Waals surface area (Å²) in [5, 5.41) is 0. The first kappa shape index (κ1) is 13.7. The highest BCUT2D eigenvalue weighted by atomic mass is 16.5. The zero-order valence-corrected chi connectivity index (χ0v) is 11.6. The van der Waals surface area contributed by atoms with Crippen molar-refractivity contribution in [3.8, 4) is 5.75 Å². The maximum atomic E-state index is 12.4. The van der Waals surface area contributed by atoms with E-state index in [1.807, 2.05) is 0 Å². The number of primary amides is 1. The van der Waals surface area contributed by atoms with Crippen molar-refractivity contribution in [2.45, 2.75) is 25.0 Å². The molecule has 0 spiro atoms. The lowest BCUT2D eigenvalue weighted by molar-refractivity contribution is -0.144. The van der Waals surface area contributed by atoms with Gasteiger partial charge in [-0.05, 0) is 25.0 Å². The van der Waals surface area contributed by atoms with E-state index in [9.17, 15) is 9.59 Å². The summed E-state index contributed by atoms with van der Waals surface area (Å²) in [6.07, 6.45) is 4.85. The van der Waals surface area contributed by atoms with Crippen LogP contribution in [0, 0.1) is 0 Å². The molecule has 0 radical (unpaired) electrons. The molecule has 2 aliphatic heterocycles. The van der Waals surface area contributed by atoms with Gasteiger partial charge in [-0.25, -0.2) is 4.79 Å². The quantitative estimate of drug-likeness (QED) is 0.862. The van der Waals surface area contributed by atoms with Crippen LogP contribution >= 0.6 is 0 Å². The van der Waals surface area contributed by atoms with Crippen molar-refractivity contribution in [1.29, 1.82) is 0 Å². The molecular weight excluding hydrogens is 272 g/mol. The van der Waals surface area contributed by atoms with Crippen LogP contribution in [0.4, 0.5) is 4.79 Å². The lowest BCUT2D eigenvalue weighted by atomic mass is 10.1. The molecule has 3 amide bonds. The molecule has 1 atom stereocenters. The number of rotatable bonds is 3. The van der Waals surface area contributed by atoms with Gasteiger partial charge in [0.05, 0.1) is 13.1 Å². The summed E-state index contributed by atoms with van der Waals surface area (Å²) >= 11 is 0. The van der Waals surface area contributed by atoms with E-state index >= 15 is 0 Å². The van der Waals surface area contributed by atoms with Gasteiger partial charge >= 0.3 is 6.03 Å². The minimum absolute atomic E-state index is 0.000203. The molecule has 2 N–H and O–H groups in total. The van der Waals surface area contributed by atoms with E-state index in [1.165, 1.54) is 4.90 Å². The van der Waals surface area contributed by atoms with Crippen LogP contribution in [0.15, 0.2) is 24.5 Å². The minimum atomic E-state index is -0.518. The Bertz CT molecular complexity index is 530. The normalized spacial score (nSPS) is 22.0. The predicted molar refractivity (Wildman–Crippen MR) is 74.5 cm³/mol. The van der Waals surface area contributed by atoms with Gasteiger partial charge in [0.2, 0.25) is 5.91 Å². The van der Waals surface area contributed by atoms with Crippen LogP contribution in [0.1, 0.15) is 12.8 Å². The Kier molecular flexibility index (Phi) is 3.64. The number of nitrogens with two attached hydrogens (primary N) is 1. The molecule has 2 fully saturated rings. The second kappa shape index (κ2) is 5.59. The van der Waals surface area contributed by atoms with Gasteiger partial charge < -0.3 is 20.3 Å². The summed E-state index contributed by atoms with van der Waals surface area (Å²) in [7, 11) is 0. The van der Waals surface area contributed by atoms with E-state index in [0.29, 0.717) is 26.1 Å². The molecule has 1 aromatic heterocycles. The number of nitrogens with zero attached hydrogens (tertiary/aromatic N) is 3. The van der Waals surface area contributed by atoms with Gasteiger partial charge in [0.25, 0.3) is 0 Å². The van der Waals surface area contributed by atoms with Gasteiger partial charge in [0, 0.05) is 18.9 Å². The van der Waals surface area contributed by atoms with E-state index in [0.717, 1.165) is 12.2 Å². The monoisotopic (exact) mass is 290 g/mol. The number of pyridine rings is 1. The number of ether oxygens (including phenoxy) is 1. The maximum absolute atomic E-state index is 12.4. The van der Waals surface area contributed by atoms with E-state index < -0.39 is 12.1 Å². The van der Waals surface area contributed by atoms with E-state index in [2.05, 4.69) is 4.98 Å². The number of carbonyl (C=O) groups is 2. The summed E-state index contributed by atoms with van der Waals surface area (Å²) in [6, 6.07) is 2.66. The fraction of sp³-hybridized carbons (Fsp3) is 0.500. The van der Waals surface area contributed by atoms with Crippen molar-refractivity contribution in [2.24, 2.45) is 5.73 Å². The summed E-state index contributed by atoms with van der Waals surface area (Å²) in [5.74, 6) is 0.725. The third-order valence-electron chi connectivity index (χ3n) is 3.93. The molecule has 112 valence electrons.